The smallest absolute Gasteiger partial charge is 0.425 e. The lowest BCUT2D eigenvalue weighted by Gasteiger charge is -2.28. The fourth-order valence-electron chi connectivity index (χ4n) is 2.31. The number of anilines is 1. The third-order valence-electron chi connectivity index (χ3n) is 3.47. The molecule has 0 spiro atoms. The summed E-state index contributed by atoms with van der Waals surface area (Å²) in [5.74, 6) is 0.00590. The van der Waals surface area contributed by atoms with Gasteiger partial charge in [-0.15, -0.1) is 0 Å². The molecule has 1 aromatic rings. The highest BCUT2D eigenvalue weighted by atomic mass is 16.6. The highest BCUT2D eigenvalue weighted by Crippen LogP contribution is 2.45. The van der Waals surface area contributed by atoms with Crippen LogP contribution in [0.1, 0.15) is 65.9 Å². The molecular formula is C18H25N3O6. The van der Waals surface area contributed by atoms with Gasteiger partial charge in [0, 0.05) is 11.6 Å². The second kappa shape index (κ2) is 7.13. The molecule has 148 valence electrons. The highest BCUT2D eigenvalue weighted by Gasteiger charge is 2.38. The minimum Gasteiger partial charge on any atom is -0.443 e. The maximum absolute atomic E-state index is 12.7. The van der Waals surface area contributed by atoms with Gasteiger partial charge in [0.05, 0.1) is 4.92 Å². The summed E-state index contributed by atoms with van der Waals surface area (Å²) in [5.41, 5.74) is -1.44. The Balaban J connectivity index is 2.51. The summed E-state index contributed by atoms with van der Waals surface area (Å²) in [5, 5.41) is 11.1. The number of nitro groups is 1. The molecule has 27 heavy (non-hydrogen) atoms. The summed E-state index contributed by atoms with van der Waals surface area (Å²) in [6, 6.07) is 1.35. The number of hydrogen-bond acceptors (Lipinski definition) is 7. The number of nitrogens with zero attached hydrogens (tertiary/aromatic N) is 3. The van der Waals surface area contributed by atoms with Crippen molar-refractivity contribution in [1.82, 2.24) is 4.98 Å². The number of carbonyl (C=O) groups is 2. The Morgan fingerprint density at radius 3 is 1.96 bits per heavy atom. The van der Waals surface area contributed by atoms with Crippen LogP contribution in [-0.4, -0.2) is 33.3 Å². The molecule has 9 nitrogen and oxygen atoms in total. The van der Waals surface area contributed by atoms with E-state index < -0.39 is 28.3 Å². The van der Waals surface area contributed by atoms with E-state index in [0.29, 0.717) is 10.5 Å². The predicted molar refractivity (Wildman–Crippen MR) is 97.8 cm³/mol. The van der Waals surface area contributed by atoms with Crippen LogP contribution in [0.4, 0.5) is 21.1 Å². The number of ether oxygens (including phenoxy) is 2. The fraction of sp³-hybridized carbons (Fsp3) is 0.611. The summed E-state index contributed by atoms with van der Waals surface area (Å²) in [6.45, 7) is 10.0. The number of amides is 2. The molecule has 0 bridgehead atoms. The van der Waals surface area contributed by atoms with Crippen LogP contribution in [0, 0.1) is 10.1 Å². The number of pyridine rings is 1. The van der Waals surface area contributed by atoms with Crippen LogP contribution in [0.2, 0.25) is 0 Å². The molecular weight excluding hydrogens is 354 g/mol. The minimum atomic E-state index is -0.944. The molecule has 1 heterocycles. The largest absolute Gasteiger partial charge is 0.443 e. The average Bonchev–Trinajstić information content (AvgIpc) is 3.28. The zero-order valence-corrected chi connectivity index (χ0v) is 16.4. The van der Waals surface area contributed by atoms with Gasteiger partial charge in [-0.25, -0.2) is 14.6 Å². The second-order valence-electron chi connectivity index (χ2n) is 8.43. The van der Waals surface area contributed by atoms with Crippen LogP contribution in [-0.2, 0) is 9.47 Å². The summed E-state index contributed by atoms with van der Waals surface area (Å²) in [6.07, 6.45) is 0.724. The van der Waals surface area contributed by atoms with E-state index in [4.69, 9.17) is 9.47 Å². The van der Waals surface area contributed by atoms with Gasteiger partial charge in [-0.2, -0.15) is 4.90 Å². The van der Waals surface area contributed by atoms with Crippen LogP contribution in [0.3, 0.4) is 0 Å². The number of hydrogen-bond donors (Lipinski definition) is 0. The first kappa shape index (κ1) is 20.6. The van der Waals surface area contributed by atoms with Gasteiger partial charge in [0.1, 0.15) is 17.4 Å². The first-order valence-electron chi connectivity index (χ1n) is 8.69. The van der Waals surface area contributed by atoms with Crippen molar-refractivity contribution in [2.45, 2.75) is 71.5 Å². The van der Waals surface area contributed by atoms with Crippen molar-refractivity contribution in [1.29, 1.82) is 0 Å². The van der Waals surface area contributed by atoms with Gasteiger partial charge < -0.3 is 9.47 Å². The van der Waals surface area contributed by atoms with E-state index in [9.17, 15) is 19.7 Å². The van der Waals surface area contributed by atoms with Crippen LogP contribution in [0.25, 0.3) is 0 Å². The fourth-order valence-corrected chi connectivity index (χ4v) is 2.31. The number of rotatable bonds is 3. The van der Waals surface area contributed by atoms with E-state index in [2.05, 4.69) is 4.98 Å². The average molecular weight is 379 g/mol. The molecule has 9 heteroatoms. The van der Waals surface area contributed by atoms with Crippen molar-refractivity contribution in [2.24, 2.45) is 0 Å². The van der Waals surface area contributed by atoms with Crippen LogP contribution in [0.5, 0.6) is 0 Å². The molecule has 1 fully saturated rings. The molecule has 0 N–H and O–H groups in total. The molecule has 1 aliphatic rings. The summed E-state index contributed by atoms with van der Waals surface area (Å²) in [7, 11) is 0. The monoisotopic (exact) mass is 379 g/mol. The van der Waals surface area contributed by atoms with E-state index in [1.54, 1.807) is 41.5 Å². The Morgan fingerprint density at radius 2 is 1.59 bits per heavy atom. The lowest BCUT2D eigenvalue weighted by atomic mass is 10.1. The van der Waals surface area contributed by atoms with Crippen LogP contribution >= 0.6 is 0 Å². The van der Waals surface area contributed by atoms with Crippen LogP contribution < -0.4 is 4.90 Å². The van der Waals surface area contributed by atoms with Gasteiger partial charge in [0.2, 0.25) is 0 Å². The molecule has 0 aliphatic heterocycles. The van der Waals surface area contributed by atoms with E-state index in [0.717, 1.165) is 19.0 Å². The third-order valence-corrected chi connectivity index (χ3v) is 3.47. The quantitative estimate of drug-likeness (QED) is 0.559. The summed E-state index contributed by atoms with van der Waals surface area (Å²) in [4.78, 5) is 40.7. The molecule has 1 saturated carbocycles. The van der Waals surface area contributed by atoms with Crippen molar-refractivity contribution < 1.29 is 24.0 Å². The lowest BCUT2D eigenvalue weighted by Crippen LogP contribution is -2.44. The molecule has 1 aromatic heterocycles. The maximum Gasteiger partial charge on any atom is 0.425 e. The topological polar surface area (TPSA) is 112 Å². The summed E-state index contributed by atoms with van der Waals surface area (Å²) < 4.78 is 10.7. The van der Waals surface area contributed by atoms with Gasteiger partial charge in [-0.1, -0.05) is 0 Å². The van der Waals surface area contributed by atoms with E-state index in [1.807, 2.05) is 0 Å². The van der Waals surface area contributed by atoms with Crippen molar-refractivity contribution in [2.75, 3.05) is 4.90 Å². The first-order valence-corrected chi connectivity index (χ1v) is 8.69. The first-order chi connectivity index (χ1) is 12.3. The highest BCUT2D eigenvalue weighted by molar-refractivity contribution is 6.09. The maximum atomic E-state index is 12.7. The Kier molecular flexibility index (Phi) is 5.44. The van der Waals surface area contributed by atoms with Gasteiger partial charge in [0.25, 0.3) is 5.69 Å². The van der Waals surface area contributed by atoms with Crippen molar-refractivity contribution in [3.63, 3.8) is 0 Å². The molecule has 0 aromatic carbocycles. The van der Waals surface area contributed by atoms with Crippen molar-refractivity contribution in [3.05, 3.63) is 27.9 Å². The Bertz CT molecular complexity index is 731. The van der Waals surface area contributed by atoms with Crippen LogP contribution in [0.15, 0.2) is 12.3 Å². The van der Waals surface area contributed by atoms with Gasteiger partial charge in [0.15, 0.2) is 5.82 Å². The van der Waals surface area contributed by atoms with E-state index in [1.165, 1.54) is 6.07 Å². The molecule has 0 atom stereocenters. The number of imide groups is 1. The van der Waals surface area contributed by atoms with E-state index in [-0.39, 0.29) is 17.4 Å². The standard InChI is InChI=1S/C18H25N3O6/c1-17(2,3)26-15(22)20(16(23)27-18(4,5)6)14-13(11-7-8-11)9-12(10-19-14)21(24)25/h9-11H,7-8H2,1-6H3. The molecule has 1 aliphatic carbocycles. The van der Waals surface area contributed by atoms with Crippen molar-refractivity contribution in [3.8, 4) is 0 Å². The van der Waals surface area contributed by atoms with Gasteiger partial charge >= 0.3 is 12.2 Å². The Hall–Kier alpha value is -2.71. The minimum absolute atomic E-state index is 0.000210. The Labute approximate surface area is 157 Å². The predicted octanol–water partition coefficient (Wildman–Crippen LogP) is 4.54. The third kappa shape index (κ3) is 5.63. The molecule has 0 saturated heterocycles. The van der Waals surface area contributed by atoms with Crippen molar-refractivity contribution >= 4 is 23.7 Å². The summed E-state index contributed by atoms with van der Waals surface area (Å²) >= 11 is 0. The van der Waals surface area contributed by atoms with Gasteiger partial charge in [-0.05, 0) is 60.3 Å². The molecule has 2 amide bonds. The SMILES string of the molecule is CC(C)(C)OC(=O)N(C(=O)OC(C)(C)C)c1ncc([N+](=O)[O-])cc1C1CC1. The molecule has 0 unspecified atom stereocenters. The second-order valence-corrected chi connectivity index (χ2v) is 8.43. The number of carbonyl (C=O) groups excluding carboxylic acids is 2. The molecule has 2 rings (SSSR count). The van der Waals surface area contributed by atoms with Gasteiger partial charge in [-0.3, -0.25) is 10.1 Å². The normalized spacial score (nSPS) is 14.4. The zero-order chi connectivity index (χ0) is 20.6. The zero-order valence-electron chi connectivity index (χ0n) is 16.4. The van der Waals surface area contributed by atoms with E-state index >= 15 is 0 Å². The molecule has 0 radical (unpaired) electrons. The number of aromatic nitrogens is 1. The Morgan fingerprint density at radius 1 is 1.11 bits per heavy atom. The lowest BCUT2D eigenvalue weighted by molar-refractivity contribution is -0.385.